The second-order valence-corrected chi connectivity index (χ2v) is 7.75. The number of nitrogens with two attached hydrogens (primary N) is 1. The Morgan fingerprint density at radius 3 is 2.19 bits per heavy atom. The number of aromatic nitrogens is 1. The van der Waals surface area contributed by atoms with Crippen molar-refractivity contribution in [3.8, 4) is 5.75 Å². The summed E-state index contributed by atoms with van der Waals surface area (Å²) in [6, 6.07) is 9.72. The summed E-state index contributed by atoms with van der Waals surface area (Å²) in [5.74, 6) is -2.75. The minimum atomic E-state index is -1.14. The molecule has 3 N–H and O–H groups in total. The lowest BCUT2D eigenvalue weighted by atomic mass is 9.96. The van der Waals surface area contributed by atoms with Crippen LogP contribution in [0.4, 0.5) is 0 Å². The third kappa shape index (κ3) is 3.79. The van der Waals surface area contributed by atoms with Crippen LogP contribution in [-0.2, 0) is 16.1 Å². The smallest absolute Gasteiger partial charge is 0.344 e. The first-order chi connectivity index (χ1) is 14.6. The minimum Gasteiger partial charge on any atom is -0.479 e. The van der Waals surface area contributed by atoms with Gasteiger partial charge < -0.3 is 20.1 Å². The summed E-state index contributed by atoms with van der Waals surface area (Å²) in [7, 11) is 0. The van der Waals surface area contributed by atoms with Crippen molar-refractivity contribution in [2.45, 2.75) is 47.3 Å². The molecule has 1 aromatic heterocycles. The van der Waals surface area contributed by atoms with E-state index in [9.17, 15) is 19.5 Å². The van der Waals surface area contributed by atoms with Gasteiger partial charge in [0.1, 0.15) is 5.75 Å². The number of carbonyl (C=O) groups is 3. The number of aliphatic carboxylic acids is 1. The molecule has 162 valence electrons. The summed E-state index contributed by atoms with van der Waals surface area (Å²) in [5.41, 5.74) is 10.4. The van der Waals surface area contributed by atoms with E-state index in [4.69, 9.17) is 10.5 Å². The lowest BCUT2D eigenvalue weighted by molar-refractivity contribution is -0.144. The van der Waals surface area contributed by atoms with Gasteiger partial charge in [0.15, 0.2) is 6.10 Å². The van der Waals surface area contributed by atoms with Crippen LogP contribution < -0.4 is 10.5 Å². The van der Waals surface area contributed by atoms with Crippen molar-refractivity contribution in [3.05, 3.63) is 63.8 Å². The lowest BCUT2D eigenvalue weighted by Gasteiger charge is -2.19. The van der Waals surface area contributed by atoms with Crippen molar-refractivity contribution < 1.29 is 24.2 Å². The van der Waals surface area contributed by atoms with E-state index in [1.54, 1.807) is 6.92 Å². The van der Waals surface area contributed by atoms with Crippen molar-refractivity contribution in [2.24, 2.45) is 5.73 Å². The fourth-order valence-electron chi connectivity index (χ4n) is 3.90. The topological polar surface area (TPSA) is 112 Å². The van der Waals surface area contributed by atoms with Gasteiger partial charge in [0.2, 0.25) is 0 Å². The Morgan fingerprint density at radius 2 is 1.65 bits per heavy atom. The summed E-state index contributed by atoms with van der Waals surface area (Å²) in [4.78, 5) is 36.2. The quantitative estimate of drug-likeness (QED) is 0.447. The van der Waals surface area contributed by atoms with Crippen LogP contribution in [-0.4, -0.2) is 33.4 Å². The summed E-state index contributed by atoms with van der Waals surface area (Å²) in [6.07, 6.45) is -1.14. The largest absolute Gasteiger partial charge is 0.479 e. The van der Waals surface area contributed by atoms with Crippen LogP contribution in [0, 0.1) is 27.7 Å². The molecular formula is C24H26N2O5. The Bertz CT molecular complexity index is 1210. The van der Waals surface area contributed by atoms with Gasteiger partial charge in [-0.05, 0) is 56.9 Å². The average Bonchev–Trinajstić information content (AvgIpc) is 3.01. The number of nitrogens with zero attached hydrogens (tertiary/aromatic N) is 1. The van der Waals surface area contributed by atoms with Gasteiger partial charge in [-0.3, -0.25) is 9.59 Å². The molecule has 0 aliphatic heterocycles. The fourth-order valence-corrected chi connectivity index (χ4v) is 3.90. The van der Waals surface area contributed by atoms with Gasteiger partial charge in [-0.2, -0.15) is 0 Å². The van der Waals surface area contributed by atoms with Crippen molar-refractivity contribution >= 4 is 28.6 Å². The number of hydrogen-bond donors (Lipinski definition) is 2. The predicted octanol–water partition coefficient (Wildman–Crippen LogP) is 3.44. The SMILES string of the molecule is Cc1c(C)c(C)c2c(c1OC(C)C(=O)O)c(C(=O)C(N)=O)c(C)n2Cc1ccccc1. The highest BCUT2D eigenvalue weighted by Gasteiger charge is 2.30. The predicted molar refractivity (Wildman–Crippen MR) is 118 cm³/mol. The molecule has 2 aromatic carbocycles. The van der Waals surface area contributed by atoms with Crippen LogP contribution in [0.1, 0.15) is 45.2 Å². The van der Waals surface area contributed by atoms with Gasteiger partial charge in [0.25, 0.3) is 11.7 Å². The first-order valence-electron chi connectivity index (χ1n) is 9.96. The molecule has 0 saturated carbocycles. The maximum Gasteiger partial charge on any atom is 0.344 e. The number of ether oxygens (including phenoxy) is 1. The fraction of sp³-hybridized carbons (Fsp3) is 0.292. The Kier molecular flexibility index (Phi) is 5.88. The van der Waals surface area contributed by atoms with Gasteiger partial charge in [-0.25, -0.2) is 4.79 Å². The highest BCUT2D eigenvalue weighted by molar-refractivity contribution is 6.45. The van der Waals surface area contributed by atoms with Gasteiger partial charge in [0.05, 0.1) is 16.5 Å². The molecule has 1 amide bonds. The second-order valence-electron chi connectivity index (χ2n) is 7.75. The third-order valence-electron chi connectivity index (χ3n) is 5.85. The molecule has 0 radical (unpaired) electrons. The highest BCUT2D eigenvalue weighted by atomic mass is 16.5. The number of rotatable bonds is 7. The highest BCUT2D eigenvalue weighted by Crippen LogP contribution is 2.41. The molecular weight excluding hydrogens is 396 g/mol. The number of Topliss-reactive ketones (excluding diaryl/α,β-unsaturated/α-hetero) is 1. The number of hydrogen-bond acceptors (Lipinski definition) is 4. The molecule has 1 unspecified atom stereocenters. The summed E-state index contributed by atoms with van der Waals surface area (Å²) >= 11 is 0. The van der Waals surface area contributed by atoms with Crippen LogP contribution >= 0.6 is 0 Å². The van der Waals surface area contributed by atoms with Crippen LogP contribution in [0.2, 0.25) is 0 Å². The van der Waals surface area contributed by atoms with Crippen molar-refractivity contribution in [2.75, 3.05) is 0 Å². The molecule has 1 atom stereocenters. The maximum absolute atomic E-state index is 12.9. The van der Waals surface area contributed by atoms with Crippen molar-refractivity contribution in [1.82, 2.24) is 4.57 Å². The van der Waals surface area contributed by atoms with Gasteiger partial charge in [-0.15, -0.1) is 0 Å². The van der Waals surface area contributed by atoms with E-state index < -0.39 is 23.8 Å². The molecule has 0 aliphatic carbocycles. The maximum atomic E-state index is 12.9. The summed E-state index contributed by atoms with van der Waals surface area (Å²) < 4.78 is 7.79. The van der Waals surface area contributed by atoms with E-state index in [1.165, 1.54) is 6.92 Å². The van der Waals surface area contributed by atoms with Crippen LogP contribution in [0.3, 0.4) is 0 Å². The number of amides is 1. The number of carboxylic acids is 1. The Labute approximate surface area is 180 Å². The second kappa shape index (κ2) is 8.26. The number of benzene rings is 2. The molecule has 0 fully saturated rings. The van der Waals surface area contributed by atoms with Gasteiger partial charge in [0, 0.05) is 12.2 Å². The number of fused-ring (bicyclic) bond motifs is 1. The van der Waals surface area contributed by atoms with Gasteiger partial charge in [-0.1, -0.05) is 30.3 Å². The van der Waals surface area contributed by atoms with Gasteiger partial charge >= 0.3 is 5.97 Å². The molecule has 31 heavy (non-hydrogen) atoms. The van der Waals surface area contributed by atoms with E-state index >= 15 is 0 Å². The standard InChI is InChI=1S/C24H26N2O5/c1-12-13(2)20-19(22(14(12)3)31-16(5)24(29)30)18(21(27)23(25)28)15(4)26(20)11-17-9-7-6-8-10-17/h6-10,16H,11H2,1-5H3,(H2,25,28)(H,29,30). The summed E-state index contributed by atoms with van der Waals surface area (Å²) in [6.45, 7) is 9.32. The molecule has 3 rings (SSSR count). The minimum absolute atomic E-state index is 0.150. The van der Waals surface area contributed by atoms with Crippen molar-refractivity contribution in [1.29, 1.82) is 0 Å². The van der Waals surface area contributed by atoms with E-state index in [1.807, 2.05) is 55.7 Å². The van der Waals surface area contributed by atoms with E-state index in [0.29, 0.717) is 23.2 Å². The average molecular weight is 422 g/mol. The molecule has 1 heterocycles. The zero-order valence-electron chi connectivity index (χ0n) is 18.3. The molecule has 0 saturated heterocycles. The number of primary amides is 1. The molecule has 0 bridgehead atoms. The number of carbonyl (C=O) groups excluding carboxylic acids is 2. The third-order valence-corrected chi connectivity index (χ3v) is 5.85. The van der Waals surface area contributed by atoms with E-state index in [2.05, 4.69) is 0 Å². The molecule has 0 aliphatic rings. The molecule has 7 nitrogen and oxygen atoms in total. The van der Waals surface area contributed by atoms with E-state index in [0.717, 1.165) is 22.2 Å². The van der Waals surface area contributed by atoms with Crippen molar-refractivity contribution in [3.63, 3.8) is 0 Å². The first kappa shape index (κ1) is 22.1. The zero-order chi connectivity index (χ0) is 23.0. The zero-order valence-corrected chi connectivity index (χ0v) is 18.3. The molecule has 3 aromatic rings. The number of ketones is 1. The first-order valence-corrected chi connectivity index (χ1v) is 9.96. The number of carboxylic acid groups (broad SMARTS) is 1. The monoisotopic (exact) mass is 422 g/mol. The molecule has 0 spiro atoms. The van der Waals surface area contributed by atoms with Crippen LogP contribution in [0.25, 0.3) is 10.9 Å². The Hall–Kier alpha value is -3.61. The lowest BCUT2D eigenvalue weighted by Crippen LogP contribution is -2.25. The molecule has 7 heteroatoms. The van der Waals surface area contributed by atoms with E-state index in [-0.39, 0.29) is 11.3 Å². The summed E-state index contributed by atoms with van der Waals surface area (Å²) in [5, 5.41) is 9.80. The number of aryl methyl sites for hydroxylation is 1. The Morgan fingerprint density at radius 1 is 1.03 bits per heavy atom. The van der Waals surface area contributed by atoms with Crippen LogP contribution in [0.15, 0.2) is 30.3 Å². The Balaban J connectivity index is 2.44. The van der Waals surface area contributed by atoms with Crippen LogP contribution in [0.5, 0.6) is 5.75 Å². The normalized spacial score (nSPS) is 12.0.